The smallest absolute Gasteiger partial charge is 0.313 e. The van der Waals surface area contributed by atoms with E-state index in [1.807, 2.05) is 0 Å². The fourth-order valence-electron chi connectivity index (χ4n) is 1.60. The Morgan fingerprint density at radius 2 is 2.32 bits per heavy atom. The topological polar surface area (TPSA) is 94.0 Å². The van der Waals surface area contributed by atoms with Crippen LogP contribution in [-0.4, -0.2) is 21.6 Å². The van der Waals surface area contributed by atoms with Crippen molar-refractivity contribution in [1.29, 1.82) is 5.26 Å². The summed E-state index contributed by atoms with van der Waals surface area (Å²) in [4.78, 5) is 13.7. The summed E-state index contributed by atoms with van der Waals surface area (Å²) >= 11 is 0. The number of aromatic nitrogens is 2. The van der Waals surface area contributed by atoms with Gasteiger partial charge in [0.1, 0.15) is 6.07 Å². The molecule has 2 rings (SSSR count). The number of benzene rings is 1. The first-order valence-electron chi connectivity index (χ1n) is 5.04. The lowest BCUT2D eigenvalue weighted by Crippen LogP contribution is -2.03. The van der Waals surface area contributed by atoms with Crippen molar-refractivity contribution >= 4 is 5.69 Å². The molecular weight excluding hydrogens is 255 g/mol. The van der Waals surface area contributed by atoms with Crippen LogP contribution < -0.4 is 4.74 Å². The highest BCUT2D eigenvalue weighted by Gasteiger charge is 2.21. The molecule has 0 fully saturated rings. The van der Waals surface area contributed by atoms with Gasteiger partial charge in [0, 0.05) is 18.5 Å². The molecule has 0 amide bonds. The van der Waals surface area contributed by atoms with E-state index in [-0.39, 0.29) is 17.3 Å². The van der Waals surface area contributed by atoms with Gasteiger partial charge >= 0.3 is 5.69 Å². The van der Waals surface area contributed by atoms with E-state index in [1.54, 1.807) is 6.07 Å². The summed E-state index contributed by atoms with van der Waals surface area (Å²) in [6, 6.07) is 3.68. The van der Waals surface area contributed by atoms with E-state index in [1.165, 1.54) is 24.1 Å². The molecule has 0 bridgehead atoms. The summed E-state index contributed by atoms with van der Waals surface area (Å²) in [5.74, 6) is -0.976. The number of nitrogens with zero attached hydrogens (tertiary/aromatic N) is 4. The predicted molar refractivity (Wildman–Crippen MR) is 61.4 cm³/mol. The van der Waals surface area contributed by atoms with Crippen LogP contribution in [0.3, 0.4) is 0 Å². The highest BCUT2D eigenvalue weighted by Crippen LogP contribution is 2.31. The van der Waals surface area contributed by atoms with E-state index in [4.69, 9.17) is 10.00 Å². The van der Waals surface area contributed by atoms with Crippen LogP contribution in [0.4, 0.5) is 10.1 Å². The minimum atomic E-state index is -0.845. The molecule has 1 heterocycles. The molecule has 0 aliphatic heterocycles. The summed E-state index contributed by atoms with van der Waals surface area (Å²) in [5, 5.41) is 19.6. The quantitative estimate of drug-likeness (QED) is 0.621. The Morgan fingerprint density at radius 1 is 1.58 bits per heavy atom. The maximum atomic E-state index is 13.9. The first-order valence-corrected chi connectivity index (χ1v) is 5.04. The molecule has 0 N–H and O–H groups in total. The number of ether oxygens (including phenoxy) is 1. The molecule has 0 spiro atoms. The Morgan fingerprint density at radius 3 is 2.89 bits per heavy atom. The Hall–Kier alpha value is -2.95. The zero-order valence-electron chi connectivity index (χ0n) is 9.70. The molecule has 0 radical (unpaired) electrons. The zero-order chi connectivity index (χ0) is 14.0. The van der Waals surface area contributed by atoms with E-state index in [9.17, 15) is 14.5 Å². The zero-order valence-corrected chi connectivity index (χ0v) is 9.70. The van der Waals surface area contributed by atoms with Crippen LogP contribution in [0.5, 0.6) is 5.75 Å². The number of halogens is 1. The van der Waals surface area contributed by atoms with Gasteiger partial charge in [-0.1, -0.05) is 0 Å². The number of nitriles is 1. The van der Waals surface area contributed by atoms with Crippen molar-refractivity contribution in [2.45, 2.75) is 0 Å². The monoisotopic (exact) mass is 262 g/mol. The molecule has 0 saturated carbocycles. The van der Waals surface area contributed by atoms with Crippen molar-refractivity contribution in [2.24, 2.45) is 0 Å². The molecule has 0 unspecified atom stereocenters. The Balaban J connectivity index is 2.67. The van der Waals surface area contributed by atoms with Crippen LogP contribution >= 0.6 is 0 Å². The average molecular weight is 262 g/mol. The SMILES string of the molecule is COc1cc(-n2ccnc2C#N)c(F)cc1[N+](=O)[O-]. The predicted octanol–water partition coefficient (Wildman–Crippen LogP) is 1.80. The molecule has 0 atom stereocenters. The lowest BCUT2D eigenvalue weighted by Gasteiger charge is -2.08. The second kappa shape index (κ2) is 4.73. The van der Waals surface area contributed by atoms with Crippen LogP contribution in [0, 0.1) is 27.3 Å². The molecule has 0 saturated heterocycles. The molecule has 1 aromatic heterocycles. The normalized spacial score (nSPS) is 9.95. The minimum Gasteiger partial charge on any atom is -0.490 e. The first kappa shape index (κ1) is 12.5. The molecule has 8 heteroatoms. The number of nitro groups is 1. The van der Waals surface area contributed by atoms with Gasteiger partial charge in [0.2, 0.25) is 5.82 Å². The molecule has 1 aromatic carbocycles. The number of hydrogen-bond acceptors (Lipinski definition) is 5. The third kappa shape index (κ3) is 2.09. The second-order valence-electron chi connectivity index (χ2n) is 3.47. The number of rotatable bonds is 3. The summed E-state index contributed by atoms with van der Waals surface area (Å²) in [6.45, 7) is 0. The van der Waals surface area contributed by atoms with Crippen LogP contribution in [0.1, 0.15) is 5.82 Å². The fourth-order valence-corrected chi connectivity index (χ4v) is 1.60. The van der Waals surface area contributed by atoms with Crippen molar-refractivity contribution in [3.63, 3.8) is 0 Å². The van der Waals surface area contributed by atoms with Gasteiger partial charge in [-0.3, -0.25) is 14.7 Å². The van der Waals surface area contributed by atoms with Gasteiger partial charge in [0.15, 0.2) is 11.6 Å². The van der Waals surface area contributed by atoms with E-state index in [0.717, 1.165) is 12.1 Å². The minimum absolute atomic E-state index is 0.0326. The number of methoxy groups -OCH3 is 1. The van der Waals surface area contributed by atoms with Gasteiger partial charge in [0.05, 0.1) is 23.8 Å². The van der Waals surface area contributed by atoms with Gasteiger partial charge in [-0.25, -0.2) is 9.37 Å². The van der Waals surface area contributed by atoms with Crippen LogP contribution in [-0.2, 0) is 0 Å². The maximum Gasteiger partial charge on any atom is 0.313 e. The number of nitro benzene ring substituents is 1. The fraction of sp³-hybridized carbons (Fsp3) is 0.0909. The molecular formula is C11H7FN4O3. The van der Waals surface area contributed by atoms with E-state index >= 15 is 0 Å². The van der Waals surface area contributed by atoms with Crippen LogP contribution in [0.15, 0.2) is 24.5 Å². The number of hydrogen-bond donors (Lipinski definition) is 0. The van der Waals surface area contributed by atoms with Gasteiger partial charge in [-0.2, -0.15) is 5.26 Å². The van der Waals surface area contributed by atoms with Crippen molar-refractivity contribution in [1.82, 2.24) is 9.55 Å². The third-order valence-corrected chi connectivity index (χ3v) is 2.45. The van der Waals surface area contributed by atoms with Gasteiger partial charge < -0.3 is 4.74 Å². The molecule has 2 aromatic rings. The van der Waals surface area contributed by atoms with E-state index in [2.05, 4.69) is 4.98 Å². The lowest BCUT2D eigenvalue weighted by atomic mass is 10.2. The summed E-state index contributed by atoms with van der Waals surface area (Å²) in [7, 11) is 1.24. The van der Waals surface area contributed by atoms with Crippen LogP contribution in [0.2, 0.25) is 0 Å². The highest BCUT2D eigenvalue weighted by molar-refractivity contribution is 5.54. The Kier molecular flexibility index (Phi) is 3.12. The maximum absolute atomic E-state index is 13.9. The average Bonchev–Trinajstić information content (AvgIpc) is 2.86. The van der Waals surface area contributed by atoms with E-state index in [0.29, 0.717) is 0 Å². The first-order chi connectivity index (χ1) is 9.08. The van der Waals surface area contributed by atoms with E-state index < -0.39 is 16.4 Å². The van der Waals surface area contributed by atoms with Crippen LogP contribution in [0.25, 0.3) is 5.69 Å². The molecule has 96 valence electrons. The summed E-state index contributed by atoms with van der Waals surface area (Å²) in [6.07, 6.45) is 2.70. The second-order valence-corrected chi connectivity index (χ2v) is 3.47. The van der Waals surface area contributed by atoms with Crippen molar-refractivity contribution in [2.75, 3.05) is 7.11 Å². The van der Waals surface area contributed by atoms with Crippen molar-refractivity contribution < 1.29 is 14.1 Å². The molecule has 0 aliphatic carbocycles. The largest absolute Gasteiger partial charge is 0.490 e. The van der Waals surface area contributed by atoms with Gasteiger partial charge in [-0.05, 0) is 0 Å². The van der Waals surface area contributed by atoms with Gasteiger partial charge in [-0.15, -0.1) is 0 Å². The Bertz CT molecular complexity index is 690. The van der Waals surface area contributed by atoms with Crippen molar-refractivity contribution in [3.05, 3.63) is 46.3 Å². The van der Waals surface area contributed by atoms with Gasteiger partial charge in [0.25, 0.3) is 0 Å². The van der Waals surface area contributed by atoms with Crippen molar-refractivity contribution in [3.8, 4) is 17.5 Å². The third-order valence-electron chi connectivity index (χ3n) is 2.45. The summed E-state index contributed by atoms with van der Waals surface area (Å²) in [5.41, 5.74) is -0.529. The Labute approximate surface area is 106 Å². The highest BCUT2D eigenvalue weighted by atomic mass is 19.1. The molecule has 19 heavy (non-hydrogen) atoms. The lowest BCUT2D eigenvalue weighted by molar-refractivity contribution is -0.385. The molecule has 0 aliphatic rings. The number of imidazole rings is 1. The summed E-state index contributed by atoms with van der Waals surface area (Å²) < 4.78 is 19.9. The standard InChI is InChI=1S/C11H7FN4O3/c1-19-10-5-8(7(12)4-9(10)16(17)18)15-3-2-14-11(15)6-13/h2-5H,1H3. The molecule has 7 nitrogen and oxygen atoms in total.